The lowest BCUT2D eigenvalue weighted by Gasteiger charge is -2.10. The maximum Gasteiger partial charge on any atom is 0.260 e. The Morgan fingerprint density at radius 2 is 1.89 bits per heavy atom. The summed E-state index contributed by atoms with van der Waals surface area (Å²) in [4.78, 5) is 22.2. The first kappa shape index (κ1) is 23.1. The fourth-order valence-electron chi connectivity index (χ4n) is 1.94. The largest absolute Gasteiger partial charge is 0.484 e. The van der Waals surface area contributed by atoms with Crippen LogP contribution < -0.4 is 15.4 Å². The van der Waals surface area contributed by atoms with Crippen molar-refractivity contribution in [2.45, 2.75) is 52.0 Å². The quantitative estimate of drug-likeness (QED) is 0.692. The molecule has 5 nitrogen and oxygen atoms in total. The smallest absolute Gasteiger partial charge is 0.260 e. The average molecular weight is 405 g/mol. The number of amides is 2. The van der Waals surface area contributed by atoms with Crippen LogP contribution in [0.3, 0.4) is 0 Å². The van der Waals surface area contributed by atoms with Gasteiger partial charge in [0, 0.05) is 24.0 Å². The number of alkyl halides is 2. The van der Waals surface area contributed by atoms with Crippen LogP contribution >= 0.6 is 11.6 Å². The summed E-state index contributed by atoms with van der Waals surface area (Å²) in [6.45, 7) is 6.43. The van der Waals surface area contributed by atoms with Crippen molar-refractivity contribution < 1.29 is 23.1 Å². The summed E-state index contributed by atoms with van der Waals surface area (Å²) in [5.41, 5.74) is 0. The van der Waals surface area contributed by atoms with Crippen LogP contribution in [0.5, 0.6) is 5.75 Å². The van der Waals surface area contributed by atoms with Crippen LogP contribution in [0.25, 0.3) is 0 Å². The third kappa shape index (κ3) is 9.04. The molecule has 2 rings (SSSR count). The molecule has 0 radical (unpaired) electrons. The summed E-state index contributed by atoms with van der Waals surface area (Å²) >= 11 is 5.71. The molecule has 0 aromatic heterocycles. The fraction of sp³-hybridized carbons (Fsp3) is 0.579. The van der Waals surface area contributed by atoms with Gasteiger partial charge in [-0.25, -0.2) is 8.78 Å². The zero-order chi connectivity index (χ0) is 20.4. The highest BCUT2D eigenvalue weighted by Gasteiger charge is 2.61. The van der Waals surface area contributed by atoms with E-state index in [-0.39, 0.29) is 25.0 Å². The first-order valence-corrected chi connectivity index (χ1v) is 9.40. The van der Waals surface area contributed by atoms with Gasteiger partial charge in [-0.2, -0.15) is 0 Å². The normalized spacial score (nSPS) is 17.8. The molecule has 1 aromatic rings. The van der Waals surface area contributed by atoms with E-state index in [1.807, 2.05) is 13.8 Å². The van der Waals surface area contributed by atoms with Gasteiger partial charge >= 0.3 is 0 Å². The lowest BCUT2D eigenvalue weighted by atomic mass is 10.2. The lowest BCUT2D eigenvalue weighted by Crippen LogP contribution is -2.34. The third-order valence-electron chi connectivity index (χ3n) is 3.90. The van der Waals surface area contributed by atoms with Gasteiger partial charge in [-0.05, 0) is 44.0 Å². The summed E-state index contributed by atoms with van der Waals surface area (Å²) in [6.07, 6.45) is 1.41. The van der Waals surface area contributed by atoms with Crippen LogP contribution in [0.2, 0.25) is 5.02 Å². The molecule has 0 saturated heterocycles. The molecule has 0 spiro atoms. The number of ether oxygens (including phenoxy) is 1. The van der Waals surface area contributed by atoms with Crippen molar-refractivity contribution in [1.29, 1.82) is 0 Å². The summed E-state index contributed by atoms with van der Waals surface area (Å²) in [7, 11) is 0. The molecule has 2 atom stereocenters. The fourth-order valence-corrected chi connectivity index (χ4v) is 2.06. The molecular formula is C19H27ClF2N2O3. The molecular weight excluding hydrogens is 378 g/mol. The zero-order valence-corrected chi connectivity index (χ0v) is 16.6. The number of nitrogens with one attached hydrogen (secondary N) is 2. The summed E-state index contributed by atoms with van der Waals surface area (Å²) in [5, 5.41) is 5.90. The highest BCUT2D eigenvalue weighted by atomic mass is 35.5. The Hall–Kier alpha value is -1.89. The Kier molecular flexibility index (Phi) is 9.49. The van der Waals surface area contributed by atoms with E-state index in [2.05, 4.69) is 10.6 Å². The van der Waals surface area contributed by atoms with Crippen molar-refractivity contribution in [3.8, 4) is 5.75 Å². The van der Waals surface area contributed by atoms with Crippen molar-refractivity contribution in [2.75, 3.05) is 13.2 Å². The molecule has 0 aliphatic heterocycles. The molecule has 2 N–H and O–H groups in total. The van der Waals surface area contributed by atoms with E-state index in [1.165, 1.54) is 0 Å². The molecule has 2 amide bonds. The van der Waals surface area contributed by atoms with Crippen molar-refractivity contribution >= 4 is 23.4 Å². The number of hydrogen-bond acceptors (Lipinski definition) is 3. The predicted octanol–water partition coefficient (Wildman–Crippen LogP) is 3.80. The van der Waals surface area contributed by atoms with Crippen molar-refractivity contribution in [3.05, 3.63) is 29.3 Å². The summed E-state index contributed by atoms with van der Waals surface area (Å²) in [5.74, 6) is -3.77. The van der Waals surface area contributed by atoms with Gasteiger partial charge in [0.15, 0.2) is 6.61 Å². The molecule has 2 unspecified atom stereocenters. The molecule has 8 heteroatoms. The first-order valence-electron chi connectivity index (χ1n) is 9.02. The van der Waals surface area contributed by atoms with Crippen molar-refractivity contribution in [2.24, 2.45) is 5.92 Å². The second-order valence-corrected chi connectivity index (χ2v) is 6.86. The maximum absolute atomic E-state index is 12.3. The Morgan fingerprint density at radius 1 is 1.30 bits per heavy atom. The minimum atomic E-state index is -2.74. The molecule has 1 aromatic carbocycles. The van der Waals surface area contributed by atoms with Gasteiger partial charge in [-0.3, -0.25) is 9.59 Å². The number of halogens is 3. The number of carbonyl (C=O) groups is 2. The lowest BCUT2D eigenvalue weighted by molar-refractivity contribution is -0.125. The zero-order valence-electron chi connectivity index (χ0n) is 15.9. The van der Waals surface area contributed by atoms with E-state index >= 15 is 0 Å². The van der Waals surface area contributed by atoms with Crippen molar-refractivity contribution in [1.82, 2.24) is 10.6 Å². The topological polar surface area (TPSA) is 67.4 Å². The van der Waals surface area contributed by atoms with E-state index in [9.17, 15) is 18.4 Å². The van der Waals surface area contributed by atoms with Crippen LogP contribution in [0.15, 0.2) is 24.3 Å². The minimum absolute atomic E-state index is 0.00565. The van der Waals surface area contributed by atoms with Gasteiger partial charge in [0.1, 0.15) is 11.7 Å². The van der Waals surface area contributed by atoms with Crippen LogP contribution in [0.1, 0.15) is 40.0 Å². The number of carbonyl (C=O) groups excluding carboxylic acids is 2. The Morgan fingerprint density at radius 3 is 2.37 bits per heavy atom. The molecule has 0 heterocycles. The Labute approximate surface area is 163 Å². The highest BCUT2D eigenvalue weighted by Crippen LogP contribution is 2.48. The Bertz CT molecular complexity index is 611. The van der Waals surface area contributed by atoms with E-state index in [0.717, 1.165) is 12.8 Å². The first-order chi connectivity index (χ1) is 12.7. The predicted molar refractivity (Wildman–Crippen MR) is 101 cm³/mol. The minimum Gasteiger partial charge on any atom is -0.484 e. The molecule has 1 aliphatic rings. The van der Waals surface area contributed by atoms with Crippen molar-refractivity contribution in [3.63, 3.8) is 0 Å². The van der Waals surface area contributed by atoms with E-state index in [0.29, 0.717) is 17.3 Å². The average Bonchev–Trinajstić information content (AvgIpc) is 3.28. The molecule has 0 bridgehead atoms. The molecule has 1 saturated carbocycles. The number of hydrogen-bond donors (Lipinski definition) is 2. The van der Waals surface area contributed by atoms with E-state index in [1.54, 1.807) is 31.2 Å². The monoisotopic (exact) mass is 404 g/mol. The Balaban J connectivity index is 0.000000277. The standard InChI is InChI=1S/C11H14ClNO2.C8H13F2NO/c1-2-7-13-11(14)8-15-10-5-3-9(12)4-6-10;1-3-5(2)11-7(12)6-4-8(6,9)10/h3-6H,2,7-8H2,1H3,(H,13,14);5-6H,3-4H2,1-2H3,(H,11,12). The number of benzene rings is 1. The van der Waals surface area contributed by atoms with Gasteiger partial charge < -0.3 is 15.4 Å². The molecule has 1 aliphatic carbocycles. The van der Waals surface area contributed by atoms with E-state index < -0.39 is 17.7 Å². The number of rotatable bonds is 8. The third-order valence-corrected chi connectivity index (χ3v) is 4.15. The summed E-state index contributed by atoms with van der Waals surface area (Å²) in [6, 6.07) is 6.90. The van der Waals surface area contributed by atoms with Gasteiger partial charge in [-0.15, -0.1) is 0 Å². The summed E-state index contributed by atoms with van der Waals surface area (Å²) < 4.78 is 29.9. The molecule has 27 heavy (non-hydrogen) atoms. The van der Waals surface area contributed by atoms with Gasteiger partial charge in [-0.1, -0.05) is 25.4 Å². The van der Waals surface area contributed by atoms with Gasteiger partial charge in [0.25, 0.3) is 11.8 Å². The maximum atomic E-state index is 12.3. The van der Waals surface area contributed by atoms with E-state index in [4.69, 9.17) is 16.3 Å². The van der Waals surface area contributed by atoms with Crippen LogP contribution in [0, 0.1) is 5.92 Å². The van der Waals surface area contributed by atoms with Gasteiger partial charge in [0.2, 0.25) is 5.91 Å². The SMILES string of the molecule is CCC(C)NC(=O)C1CC1(F)F.CCCNC(=O)COc1ccc(Cl)cc1. The molecule has 152 valence electrons. The van der Waals surface area contributed by atoms with Crippen LogP contribution in [-0.4, -0.2) is 36.9 Å². The second kappa shape index (κ2) is 11.1. The molecule has 1 fully saturated rings. The highest BCUT2D eigenvalue weighted by molar-refractivity contribution is 6.30. The second-order valence-electron chi connectivity index (χ2n) is 6.43. The van der Waals surface area contributed by atoms with Crippen LogP contribution in [0.4, 0.5) is 8.78 Å². The van der Waals surface area contributed by atoms with Gasteiger partial charge in [0.05, 0.1) is 0 Å². The van der Waals surface area contributed by atoms with Crippen LogP contribution in [-0.2, 0) is 9.59 Å².